The molecule has 0 bridgehead atoms. The minimum absolute atomic E-state index is 0.0250. The minimum atomic E-state index is -0.130. The number of rotatable bonds is 7. The summed E-state index contributed by atoms with van der Waals surface area (Å²) in [6.45, 7) is 4.59. The molecule has 3 aromatic rings. The van der Waals surface area contributed by atoms with Crippen LogP contribution in [0.2, 0.25) is 0 Å². The highest BCUT2D eigenvalue weighted by molar-refractivity contribution is 14.1. The second-order valence-corrected chi connectivity index (χ2v) is 9.30. The number of benzene rings is 1. The maximum absolute atomic E-state index is 13.2. The number of allylic oxidation sites excluding steroid dienone is 4. The Morgan fingerprint density at radius 2 is 1.97 bits per heavy atom. The van der Waals surface area contributed by atoms with Gasteiger partial charge in [0, 0.05) is 40.4 Å². The van der Waals surface area contributed by atoms with E-state index in [1.807, 2.05) is 67.9 Å². The van der Waals surface area contributed by atoms with E-state index in [9.17, 15) is 4.79 Å². The second kappa shape index (κ2) is 11.0. The van der Waals surface area contributed by atoms with Gasteiger partial charge in [-0.2, -0.15) is 0 Å². The second-order valence-electron chi connectivity index (χ2n) is 8.53. The molecule has 2 heterocycles. The molecule has 6 heteroatoms. The number of alkyl halides is 1. The molecule has 1 aromatic carbocycles. The number of carbonyl (C=O) groups is 1. The largest absolute Gasteiger partial charge is 0.500 e. The van der Waals surface area contributed by atoms with Crippen molar-refractivity contribution in [1.29, 1.82) is 0 Å². The molecular formula is C28H28IN3O2. The molecule has 1 N–H and O–H groups in total. The zero-order valence-electron chi connectivity index (χ0n) is 19.6. The number of hydrogen-bond acceptors (Lipinski definition) is 4. The van der Waals surface area contributed by atoms with Crippen molar-refractivity contribution in [2.75, 3.05) is 7.11 Å². The van der Waals surface area contributed by atoms with E-state index in [0.717, 1.165) is 43.8 Å². The Balaban J connectivity index is 1.67. The lowest BCUT2D eigenvalue weighted by atomic mass is 9.81. The molecule has 174 valence electrons. The SMILES string of the molecule is COC1=CC=CC(C)C1c1cc(C(=O)NCc2ccc(CI)nc2)cc(-c2ccc(C)cn2)c1. The van der Waals surface area contributed by atoms with Crippen molar-refractivity contribution in [3.05, 3.63) is 107 Å². The smallest absolute Gasteiger partial charge is 0.251 e. The normalized spacial score (nSPS) is 17.2. The van der Waals surface area contributed by atoms with Gasteiger partial charge in [-0.1, -0.05) is 53.8 Å². The van der Waals surface area contributed by atoms with Crippen molar-refractivity contribution in [3.63, 3.8) is 0 Å². The lowest BCUT2D eigenvalue weighted by Crippen LogP contribution is -2.23. The number of carbonyl (C=O) groups excluding carboxylic acids is 1. The Kier molecular flexibility index (Phi) is 7.77. The van der Waals surface area contributed by atoms with Gasteiger partial charge in [0.15, 0.2) is 0 Å². The Morgan fingerprint density at radius 1 is 1.12 bits per heavy atom. The average molecular weight is 565 g/mol. The molecule has 0 saturated carbocycles. The van der Waals surface area contributed by atoms with Crippen LogP contribution in [0.15, 0.2) is 78.8 Å². The summed E-state index contributed by atoms with van der Waals surface area (Å²) in [7, 11) is 1.70. The van der Waals surface area contributed by atoms with Gasteiger partial charge in [0.05, 0.1) is 18.5 Å². The van der Waals surface area contributed by atoms with E-state index in [4.69, 9.17) is 4.74 Å². The zero-order chi connectivity index (χ0) is 24.1. The molecule has 0 fully saturated rings. The molecule has 34 heavy (non-hydrogen) atoms. The highest BCUT2D eigenvalue weighted by Crippen LogP contribution is 2.38. The number of aryl methyl sites for hydroxylation is 1. The summed E-state index contributed by atoms with van der Waals surface area (Å²) in [5.74, 6) is 1.02. The molecule has 0 spiro atoms. The number of amides is 1. The van der Waals surface area contributed by atoms with Crippen LogP contribution in [-0.4, -0.2) is 23.0 Å². The van der Waals surface area contributed by atoms with Crippen LogP contribution >= 0.6 is 22.6 Å². The fourth-order valence-corrected chi connectivity index (χ4v) is 4.59. The number of nitrogens with zero attached hydrogens (tertiary/aromatic N) is 2. The first-order valence-corrected chi connectivity index (χ1v) is 12.8. The molecule has 1 amide bonds. The fourth-order valence-electron chi connectivity index (χ4n) is 4.13. The third kappa shape index (κ3) is 5.55. The van der Waals surface area contributed by atoms with Crippen molar-refractivity contribution in [2.24, 2.45) is 5.92 Å². The summed E-state index contributed by atoms with van der Waals surface area (Å²) in [6.07, 6.45) is 9.85. The van der Waals surface area contributed by atoms with E-state index < -0.39 is 0 Å². The third-order valence-electron chi connectivity index (χ3n) is 6.00. The zero-order valence-corrected chi connectivity index (χ0v) is 21.7. The minimum Gasteiger partial charge on any atom is -0.500 e. The summed E-state index contributed by atoms with van der Waals surface area (Å²) in [5.41, 5.74) is 6.46. The quantitative estimate of drug-likeness (QED) is 0.276. The van der Waals surface area contributed by atoms with Gasteiger partial charge >= 0.3 is 0 Å². The Hall–Kier alpha value is -3.00. The third-order valence-corrected chi connectivity index (χ3v) is 6.78. The molecule has 1 aliphatic rings. The van der Waals surface area contributed by atoms with E-state index in [0.29, 0.717) is 12.1 Å². The number of aromatic nitrogens is 2. The van der Waals surface area contributed by atoms with Crippen LogP contribution in [0.3, 0.4) is 0 Å². The average Bonchev–Trinajstić information content (AvgIpc) is 2.87. The van der Waals surface area contributed by atoms with Gasteiger partial charge in [0.1, 0.15) is 5.76 Å². The van der Waals surface area contributed by atoms with E-state index in [1.165, 1.54) is 0 Å². The van der Waals surface area contributed by atoms with Crippen LogP contribution in [0.1, 0.15) is 45.6 Å². The van der Waals surface area contributed by atoms with Gasteiger partial charge in [-0.3, -0.25) is 14.8 Å². The van der Waals surface area contributed by atoms with Gasteiger partial charge in [0.2, 0.25) is 0 Å². The van der Waals surface area contributed by atoms with Crippen LogP contribution in [0, 0.1) is 12.8 Å². The Labute approximate surface area is 214 Å². The molecule has 0 radical (unpaired) electrons. The molecule has 4 rings (SSSR count). The predicted molar refractivity (Wildman–Crippen MR) is 144 cm³/mol. The van der Waals surface area contributed by atoms with Gasteiger partial charge in [-0.15, -0.1) is 0 Å². The van der Waals surface area contributed by atoms with Gasteiger partial charge < -0.3 is 10.1 Å². The van der Waals surface area contributed by atoms with E-state index in [1.54, 1.807) is 7.11 Å². The van der Waals surface area contributed by atoms with Crippen molar-refractivity contribution in [1.82, 2.24) is 15.3 Å². The topological polar surface area (TPSA) is 64.1 Å². The van der Waals surface area contributed by atoms with Crippen LogP contribution in [0.4, 0.5) is 0 Å². The van der Waals surface area contributed by atoms with Crippen molar-refractivity contribution in [2.45, 2.75) is 30.7 Å². The lowest BCUT2D eigenvalue weighted by molar-refractivity contribution is 0.0950. The summed E-state index contributed by atoms with van der Waals surface area (Å²) in [5, 5.41) is 3.05. The first-order valence-electron chi connectivity index (χ1n) is 11.3. The van der Waals surface area contributed by atoms with E-state index in [-0.39, 0.29) is 17.7 Å². The first kappa shape index (κ1) is 24.1. The van der Waals surface area contributed by atoms with E-state index >= 15 is 0 Å². The van der Waals surface area contributed by atoms with E-state index in [2.05, 4.69) is 56.9 Å². The number of halogens is 1. The van der Waals surface area contributed by atoms with Crippen molar-refractivity contribution in [3.8, 4) is 11.3 Å². The number of methoxy groups -OCH3 is 1. The number of ether oxygens (including phenoxy) is 1. The fraction of sp³-hybridized carbons (Fsp3) is 0.250. The standard InChI is InChI=1S/C28H28IN3O2/c1-18-7-10-25(31-15-18)21-11-22(27-19(2)5-4-6-26(27)34-3)13-23(12-21)28(33)32-17-20-8-9-24(14-29)30-16-20/h4-13,15-16,19,27H,14,17H2,1-3H3,(H,32,33). The predicted octanol–water partition coefficient (Wildman–Crippen LogP) is 6.14. The molecular weight excluding hydrogens is 537 g/mol. The van der Waals surface area contributed by atoms with Crippen LogP contribution < -0.4 is 5.32 Å². The van der Waals surface area contributed by atoms with Crippen LogP contribution in [-0.2, 0) is 15.7 Å². The summed E-state index contributed by atoms with van der Waals surface area (Å²) < 4.78 is 6.56. The molecule has 1 aliphatic carbocycles. The Bertz CT molecular complexity index is 1220. The number of nitrogens with one attached hydrogen (secondary N) is 1. The summed E-state index contributed by atoms with van der Waals surface area (Å²) in [6, 6.07) is 14.0. The Morgan fingerprint density at radius 3 is 2.65 bits per heavy atom. The summed E-state index contributed by atoms with van der Waals surface area (Å²) in [4.78, 5) is 22.3. The first-order chi connectivity index (χ1) is 16.5. The van der Waals surface area contributed by atoms with Crippen molar-refractivity contribution < 1.29 is 9.53 Å². The lowest BCUT2D eigenvalue weighted by Gasteiger charge is -2.27. The molecule has 2 atom stereocenters. The maximum atomic E-state index is 13.2. The molecule has 0 saturated heterocycles. The highest BCUT2D eigenvalue weighted by atomic mass is 127. The number of hydrogen-bond donors (Lipinski definition) is 1. The van der Waals surface area contributed by atoms with Gasteiger partial charge in [0.25, 0.3) is 5.91 Å². The highest BCUT2D eigenvalue weighted by Gasteiger charge is 2.26. The van der Waals surface area contributed by atoms with Gasteiger partial charge in [-0.05, 0) is 65.9 Å². The van der Waals surface area contributed by atoms with Crippen LogP contribution in [0.5, 0.6) is 0 Å². The van der Waals surface area contributed by atoms with Gasteiger partial charge in [-0.25, -0.2) is 0 Å². The summed E-state index contributed by atoms with van der Waals surface area (Å²) >= 11 is 2.29. The van der Waals surface area contributed by atoms with Crippen LogP contribution in [0.25, 0.3) is 11.3 Å². The number of pyridine rings is 2. The maximum Gasteiger partial charge on any atom is 0.251 e. The molecule has 2 aromatic heterocycles. The monoisotopic (exact) mass is 565 g/mol. The molecule has 2 unspecified atom stereocenters. The van der Waals surface area contributed by atoms with Crippen molar-refractivity contribution >= 4 is 28.5 Å². The molecule has 0 aliphatic heterocycles. The molecule has 5 nitrogen and oxygen atoms in total.